The molecule has 3 aromatic rings. The number of fused-ring (bicyclic) bond motifs is 1. The molecule has 3 N–H and O–H groups in total. The second-order valence-electron chi connectivity index (χ2n) is 20.6. The van der Waals surface area contributed by atoms with E-state index in [4.69, 9.17) is 19.2 Å². The number of hydrogen-bond acceptors (Lipinski definition) is 12. The SMILES string of the molecule is CO[C@@H](C)c1ncc(N2CCN(C3CC3)CC2)cc1-c1c(CC(C)(C)COC(C)=O)c2cc(C3=CCCN(CC(NC(=O)OC(C)(C)C)C(=O)N4CCCC(C(=O)O)N4)C3)ccc2n1C(F)C(F)F. The van der Waals surface area contributed by atoms with Gasteiger partial charge in [-0.3, -0.25) is 34.2 Å². The monoisotopic (exact) mass is 967 g/mol. The number of alkyl halides is 3. The third kappa shape index (κ3) is 12.6. The van der Waals surface area contributed by atoms with Crippen LogP contribution in [0, 0.1) is 5.41 Å². The molecule has 0 bridgehead atoms. The van der Waals surface area contributed by atoms with Crippen molar-refractivity contribution >= 4 is 46.1 Å². The number of aromatic nitrogens is 2. The second-order valence-corrected chi connectivity index (χ2v) is 20.6. The van der Waals surface area contributed by atoms with E-state index in [9.17, 15) is 33.1 Å². The fourth-order valence-corrected chi connectivity index (χ4v) is 9.67. The number of alkyl carbamates (subject to hydrolysis) is 1. The molecule has 3 fully saturated rings. The van der Waals surface area contributed by atoms with Crippen LogP contribution >= 0.6 is 0 Å². The number of carbonyl (C=O) groups excluding carboxylic acids is 3. The molecule has 69 heavy (non-hydrogen) atoms. The van der Waals surface area contributed by atoms with Crippen LogP contribution in [0.1, 0.15) is 110 Å². The quantitative estimate of drug-likeness (QED) is 0.117. The van der Waals surface area contributed by atoms with Crippen LogP contribution in [0.2, 0.25) is 0 Å². The number of hydrogen-bond donors (Lipinski definition) is 3. The van der Waals surface area contributed by atoms with Gasteiger partial charge in [0.1, 0.15) is 17.7 Å². The van der Waals surface area contributed by atoms with Gasteiger partial charge in [0.25, 0.3) is 12.3 Å². The Kier molecular flexibility index (Phi) is 16.0. The first-order chi connectivity index (χ1) is 32.6. The smallest absolute Gasteiger partial charge is 0.408 e. The largest absolute Gasteiger partial charge is 0.480 e. The lowest BCUT2D eigenvalue weighted by atomic mass is 9.84. The second kappa shape index (κ2) is 21.4. The predicted molar refractivity (Wildman–Crippen MR) is 255 cm³/mol. The van der Waals surface area contributed by atoms with E-state index < -0.39 is 65.9 Å². The number of methoxy groups -OCH3 is 1. The van der Waals surface area contributed by atoms with Crippen molar-refractivity contribution < 1.29 is 51.7 Å². The molecule has 2 saturated heterocycles. The molecular weight excluding hydrogens is 898 g/mol. The number of esters is 1. The zero-order chi connectivity index (χ0) is 49.9. The van der Waals surface area contributed by atoms with Crippen LogP contribution in [-0.4, -0.2) is 150 Å². The van der Waals surface area contributed by atoms with Gasteiger partial charge in [0.2, 0.25) is 6.30 Å². The Morgan fingerprint density at radius 2 is 1.71 bits per heavy atom. The number of nitrogens with zero attached hydrogens (tertiary/aromatic N) is 6. The van der Waals surface area contributed by atoms with Crippen LogP contribution < -0.4 is 15.6 Å². The summed E-state index contributed by atoms with van der Waals surface area (Å²) in [6, 6.07) is 5.79. The first-order valence-electron chi connectivity index (χ1n) is 24.1. The topological polar surface area (TPSA) is 171 Å². The number of hydrazine groups is 1. The van der Waals surface area contributed by atoms with Crippen LogP contribution in [-0.2, 0) is 35.0 Å². The number of piperazine rings is 1. The highest BCUT2D eigenvalue weighted by Crippen LogP contribution is 2.45. The van der Waals surface area contributed by atoms with E-state index in [1.807, 2.05) is 37.8 Å². The summed E-state index contributed by atoms with van der Waals surface area (Å²) in [6.07, 6.45) is 0.254. The highest BCUT2D eigenvalue weighted by Gasteiger charge is 2.38. The molecule has 4 atom stereocenters. The summed E-state index contributed by atoms with van der Waals surface area (Å²) in [7, 11) is 1.54. The number of benzene rings is 1. The van der Waals surface area contributed by atoms with Crippen molar-refractivity contribution in [2.45, 2.75) is 130 Å². The van der Waals surface area contributed by atoms with Gasteiger partial charge in [-0.1, -0.05) is 26.0 Å². The van der Waals surface area contributed by atoms with E-state index in [-0.39, 0.29) is 37.3 Å². The van der Waals surface area contributed by atoms with Crippen LogP contribution in [0.5, 0.6) is 0 Å². The minimum Gasteiger partial charge on any atom is -0.480 e. The molecule has 378 valence electrons. The summed E-state index contributed by atoms with van der Waals surface area (Å²) >= 11 is 0. The van der Waals surface area contributed by atoms with E-state index in [1.54, 1.807) is 39.1 Å². The number of rotatable bonds is 17. The van der Waals surface area contributed by atoms with Gasteiger partial charge in [-0.15, -0.1) is 0 Å². The number of anilines is 1. The van der Waals surface area contributed by atoms with Crippen molar-refractivity contribution in [3.8, 4) is 11.3 Å². The van der Waals surface area contributed by atoms with E-state index in [0.717, 1.165) is 47.6 Å². The van der Waals surface area contributed by atoms with Gasteiger partial charge in [-0.05, 0) is 101 Å². The number of carboxylic acid groups (broad SMARTS) is 1. The standard InChI is InChI=1S/C50H69F3N8O8/c1-30(67-8)42-37(24-35(26-54-42)59-21-19-58(20-22-59)34-14-15-34)43-38(25-50(6,7)29-68-31(2)62)36-23-32(13-16-41(36)61(43)45(53)44(51)52)33-11-9-17-57(27-33)28-40(55-48(66)69-49(3,4)5)46(63)60-18-10-12-39(56-60)47(64)65/h11,13,16,23-24,26,30,34,39-40,44-45,56H,9-10,12,14-15,17-22,25,27-29H2,1-8H3,(H,55,66)(H,64,65)/t30-,39?,40?,45?/m0/s1. The highest BCUT2D eigenvalue weighted by atomic mass is 19.3. The normalized spacial score (nSPS) is 20.1. The lowest BCUT2D eigenvalue weighted by Gasteiger charge is -2.36. The summed E-state index contributed by atoms with van der Waals surface area (Å²) in [5.41, 5.74) is 5.53. The molecule has 1 aliphatic carbocycles. The molecule has 2 amide bonds. The third-order valence-corrected chi connectivity index (χ3v) is 13.3. The molecule has 3 unspecified atom stereocenters. The summed E-state index contributed by atoms with van der Waals surface area (Å²) in [6.45, 7) is 16.5. The first-order valence-corrected chi connectivity index (χ1v) is 24.1. The molecule has 0 spiro atoms. The maximum absolute atomic E-state index is 16.7. The Morgan fingerprint density at radius 3 is 2.35 bits per heavy atom. The zero-order valence-corrected chi connectivity index (χ0v) is 41.2. The van der Waals surface area contributed by atoms with Gasteiger partial charge in [0.05, 0.1) is 41.5 Å². The summed E-state index contributed by atoms with van der Waals surface area (Å²) in [5, 5.41) is 14.2. The Bertz CT molecular complexity index is 2390. The van der Waals surface area contributed by atoms with Crippen LogP contribution in [0.3, 0.4) is 0 Å². The number of nitrogens with one attached hydrogen (secondary N) is 2. The summed E-state index contributed by atoms with van der Waals surface area (Å²) < 4.78 is 64.6. The average Bonchev–Trinajstić information content (AvgIpc) is 4.12. The molecule has 1 aromatic carbocycles. The number of carboxylic acids is 1. The van der Waals surface area contributed by atoms with Gasteiger partial charge in [0.15, 0.2) is 0 Å². The molecule has 7 rings (SSSR count). The minimum absolute atomic E-state index is 0.00811. The molecule has 19 heteroatoms. The van der Waals surface area contributed by atoms with Gasteiger partial charge >= 0.3 is 18.0 Å². The number of halogens is 3. The fourth-order valence-electron chi connectivity index (χ4n) is 9.67. The van der Waals surface area contributed by atoms with E-state index in [0.29, 0.717) is 60.6 Å². The van der Waals surface area contributed by atoms with Crippen molar-refractivity contribution in [3.63, 3.8) is 0 Å². The van der Waals surface area contributed by atoms with Gasteiger partial charge in [0, 0.05) is 88.8 Å². The Balaban J connectivity index is 1.30. The van der Waals surface area contributed by atoms with E-state index >= 15 is 4.39 Å². The minimum atomic E-state index is -3.38. The fraction of sp³-hybridized carbons (Fsp3) is 0.620. The Labute approximate surface area is 402 Å². The molecule has 0 radical (unpaired) electrons. The van der Waals surface area contributed by atoms with Gasteiger partial charge < -0.3 is 34.1 Å². The molecule has 4 aliphatic rings. The first kappa shape index (κ1) is 51.6. The number of aliphatic carboxylic acids is 1. The Morgan fingerprint density at radius 1 is 0.986 bits per heavy atom. The van der Waals surface area contributed by atoms with Crippen molar-refractivity contribution in [1.29, 1.82) is 0 Å². The zero-order valence-electron chi connectivity index (χ0n) is 41.2. The molecule has 16 nitrogen and oxygen atoms in total. The maximum atomic E-state index is 16.7. The van der Waals surface area contributed by atoms with Gasteiger partial charge in [-0.2, -0.15) is 0 Å². The summed E-state index contributed by atoms with van der Waals surface area (Å²) in [5.74, 6) is -2.07. The predicted octanol–water partition coefficient (Wildman–Crippen LogP) is 7.12. The molecule has 1 saturated carbocycles. The van der Waals surface area contributed by atoms with Crippen LogP contribution in [0.15, 0.2) is 36.5 Å². The number of carbonyl (C=O) groups is 4. The lowest BCUT2D eigenvalue weighted by Crippen LogP contribution is -2.62. The summed E-state index contributed by atoms with van der Waals surface area (Å²) in [4.78, 5) is 62.9. The van der Waals surface area contributed by atoms with Crippen LogP contribution in [0.4, 0.5) is 23.7 Å². The van der Waals surface area contributed by atoms with Gasteiger partial charge in [-0.25, -0.2) is 23.4 Å². The van der Waals surface area contributed by atoms with Crippen LogP contribution in [0.25, 0.3) is 27.7 Å². The molecule has 5 heterocycles. The lowest BCUT2D eigenvalue weighted by molar-refractivity contribution is -0.148. The number of amides is 2. The number of pyridine rings is 1. The molecule has 3 aliphatic heterocycles. The van der Waals surface area contributed by atoms with E-state index in [1.165, 1.54) is 31.9 Å². The maximum Gasteiger partial charge on any atom is 0.408 e. The highest BCUT2D eigenvalue weighted by molar-refractivity contribution is 5.95. The molecular formula is C50H69F3N8O8. The van der Waals surface area contributed by atoms with Crippen molar-refractivity contribution in [3.05, 3.63) is 53.4 Å². The average molecular weight is 967 g/mol. The van der Waals surface area contributed by atoms with Crippen molar-refractivity contribution in [2.24, 2.45) is 5.41 Å². The third-order valence-electron chi connectivity index (χ3n) is 13.3. The van der Waals surface area contributed by atoms with Crippen molar-refractivity contribution in [1.82, 2.24) is 35.1 Å². The van der Waals surface area contributed by atoms with E-state index in [2.05, 4.69) is 26.6 Å². The Hall–Kier alpha value is -5.24. The molecule has 2 aromatic heterocycles. The number of ether oxygens (including phenoxy) is 3. The van der Waals surface area contributed by atoms with Crippen molar-refractivity contribution in [2.75, 3.05) is 71.0 Å².